The van der Waals surface area contributed by atoms with Crippen LogP contribution in [-0.4, -0.2) is 22.4 Å². The largest absolute Gasteiger partial charge is 0.355 e. The lowest BCUT2D eigenvalue weighted by Crippen LogP contribution is -2.27. The molecule has 1 amide bonds. The number of amides is 1. The lowest BCUT2D eigenvalue weighted by molar-refractivity contribution is -0.120. The van der Waals surface area contributed by atoms with Crippen molar-refractivity contribution in [1.29, 1.82) is 0 Å². The molecule has 0 spiro atoms. The highest BCUT2D eigenvalue weighted by molar-refractivity contribution is 5.87. The molecule has 4 nitrogen and oxygen atoms in total. The molecule has 0 aliphatic heterocycles. The molecule has 22 heavy (non-hydrogen) atoms. The van der Waals surface area contributed by atoms with Crippen LogP contribution < -0.4 is 5.32 Å². The van der Waals surface area contributed by atoms with Crippen molar-refractivity contribution in [1.82, 2.24) is 15.3 Å². The number of nitrogens with one attached hydrogen (secondary N) is 1. The summed E-state index contributed by atoms with van der Waals surface area (Å²) >= 11 is 0. The number of nitrogens with zero attached hydrogens (tertiary/aromatic N) is 2. The van der Waals surface area contributed by atoms with Gasteiger partial charge in [-0.3, -0.25) is 14.8 Å². The second kappa shape index (κ2) is 6.80. The average molecular weight is 291 g/mol. The molecule has 3 rings (SSSR count). The van der Waals surface area contributed by atoms with Gasteiger partial charge in [0.05, 0.1) is 11.9 Å². The molecule has 0 saturated heterocycles. The van der Waals surface area contributed by atoms with Crippen LogP contribution in [0.2, 0.25) is 0 Å². The summed E-state index contributed by atoms with van der Waals surface area (Å²) in [4.78, 5) is 20.7. The Kier molecular flexibility index (Phi) is 4.39. The van der Waals surface area contributed by atoms with E-state index in [0.717, 1.165) is 28.6 Å². The number of carbonyl (C=O) groups is 1. The van der Waals surface area contributed by atoms with Gasteiger partial charge in [0.2, 0.25) is 5.91 Å². The molecule has 3 aromatic rings. The SMILES string of the molecule is O=C(Cc1cccc2cccnc12)NCCc1ccccn1. The highest BCUT2D eigenvalue weighted by atomic mass is 16.1. The van der Waals surface area contributed by atoms with Crippen molar-refractivity contribution in [3.05, 3.63) is 72.2 Å². The van der Waals surface area contributed by atoms with Crippen molar-refractivity contribution in [3.63, 3.8) is 0 Å². The minimum Gasteiger partial charge on any atom is -0.355 e. The summed E-state index contributed by atoms with van der Waals surface area (Å²) in [6.45, 7) is 0.591. The molecule has 1 aromatic carbocycles. The molecule has 110 valence electrons. The van der Waals surface area contributed by atoms with Crippen LogP contribution in [0.5, 0.6) is 0 Å². The Balaban J connectivity index is 1.59. The molecule has 2 aromatic heterocycles. The van der Waals surface area contributed by atoms with Gasteiger partial charge in [-0.1, -0.05) is 30.3 Å². The lowest BCUT2D eigenvalue weighted by Gasteiger charge is -2.07. The number of benzene rings is 1. The van der Waals surface area contributed by atoms with Gasteiger partial charge in [0.25, 0.3) is 0 Å². The van der Waals surface area contributed by atoms with Crippen LogP contribution in [0.4, 0.5) is 0 Å². The Bertz CT molecular complexity index is 766. The van der Waals surface area contributed by atoms with Crippen LogP contribution in [0.15, 0.2) is 60.9 Å². The molecule has 2 heterocycles. The Hall–Kier alpha value is -2.75. The topological polar surface area (TPSA) is 54.9 Å². The number of hydrogen-bond acceptors (Lipinski definition) is 3. The maximum atomic E-state index is 12.1. The van der Waals surface area contributed by atoms with Crippen molar-refractivity contribution in [2.24, 2.45) is 0 Å². The first kappa shape index (κ1) is 14.2. The maximum absolute atomic E-state index is 12.1. The molecule has 0 atom stereocenters. The predicted molar refractivity (Wildman–Crippen MR) is 86.4 cm³/mol. The lowest BCUT2D eigenvalue weighted by atomic mass is 10.1. The first-order valence-corrected chi connectivity index (χ1v) is 7.32. The highest BCUT2D eigenvalue weighted by Crippen LogP contribution is 2.16. The number of hydrogen-bond donors (Lipinski definition) is 1. The van der Waals surface area contributed by atoms with Crippen LogP contribution in [0.3, 0.4) is 0 Å². The van der Waals surface area contributed by atoms with Crippen molar-refractivity contribution in [2.75, 3.05) is 6.54 Å². The molecule has 0 radical (unpaired) electrons. The molecular formula is C18H17N3O. The van der Waals surface area contributed by atoms with Gasteiger partial charge in [0.1, 0.15) is 0 Å². The summed E-state index contributed by atoms with van der Waals surface area (Å²) < 4.78 is 0. The van der Waals surface area contributed by atoms with Crippen molar-refractivity contribution in [2.45, 2.75) is 12.8 Å². The second-order valence-corrected chi connectivity index (χ2v) is 5.09. The van der Waals surface area contributed by atoms with E-state index in [4.69, 9.17) is 0 Å². The number of rotatable bonds is 5. The number of para-hydroxylation sites is 1. The van der Waals surface area contributed by atoms with Gasteiger partial charge < -0.3 is 5.32 Å². The minimum atomic E-state index is 0.00841. The number of pyridine rings is 2. The van der Waals surface area contributed by atoms with Gasteiger partial charge in [-0.15, -0.1) is 0 Å². The maximum Gasteiger partial charge on any atom is 0.224 e. The molecule has 0 bridgehead atoms. The van der Waals surface area contributed by atoms with Crippen molar-refractivity contribution >= 4 is 16.8 Å². The van der Waals surface area contributed by atoms with Crippen molar-refractivity contribution in [3.8, 4) is 0 Å². The third kappa shape index (κ3) is 3.47. The van der Waals surface area contributed by atoms with Crippen LogP contribution in [0, 0.1) is 0 Å². The molecular weight excluding hydrogens is 274 g/mol. The molecule has 4 heteroatoms. The van der Waals surface area contributed by atoms with E-state index in [1.54, 1.807) is 12.4 Å². The van der Waals surface area contributed by atoms with Crippen LogP contribution in [-0.2, 0) is 17.6 Å². The Morgan fingerprint density at radius 3 is 2.68 bits per heavy atom. The normalized spacial score (nSPS) is 10.5. The monoisotopic (exact) mass is 291 g/mol. The van der Waals surface area contributed by atoms with Gasteiger partial charge in [-0.2, -0.15) is 0 Å². The third-order valence-corrected chi connectivity index (χ3v) is 3.50. The molecule has 0 unspecified atom stereocenters. The summed E-state index contributed by atoms with van der Waals surface area (Å²) in [6.07, 6.45) is 4.60. The van der Waals surface area contributed by atoms with E-state index in [0.29, 0.717) is 13.0 Å². The van der Waals surface area contributed by atoms with E-state index in [-0.39, 0.29) is 5.91 Å². The van der Waals surface area contributed by atoms with Gasteiger partial charge in [0, 0.05) is 36.4 Å². The molecule has 0 saturated carbocycles. The number of aromatic nitrogens is 2. The van der Waals surface area contributed by atoms with Gasteiger partial charge in [-0.25, -0.2) is 0 Å². The first-order valence-electron chi connectivity index (χ1n) is 7.32. The predicted octanol–water partition coefficient (Wildman–Crippen LogP) is 2.53. The van der Waals surface area contributed by atoms with E-state index in [1.165, 1.54) is 0 Å². The minimum absolute atomic E-state index is 0.00841. The Morgan fingerprint density at radius 1 is 0.955 bits per heavy atom. The average Bonchev–Trinajstić information content (AvgIpc) is 2.56. The van der Waals surface area contributed by atoms with Gasteiger partial charge in [-0.05, 0) is 23.8 Å². The zero-order chi connectivity index (χ0) is 15.2. The van der Waals surface area contributed by atoms with E-state index in [9.17, 15) is 4.79 Å². The van der Waals surface area contributed by atoms with Crippen LogP contribution in [0.1, 0.15) is 11.3 Å². The zero-order valence-corrected chi connectivity index (χ0v) is 12.2. The summed E-state index contributed by atoms with van der Waals surface area (Å²) in [7, 11) is 0. The van der Waals surface area contributed by atoms with Gasteiger partial charge in [0.15, 0.2) is 0 Å². The standard InChI is InChI=1S/C18H17N3O/c22-17(20-12-9-16-8-1-2-10-19-16)13-15-6-3-5-14-7-4-11-21-18(14)15/h1-8,10-11H,9,12-13H2,(H,20,22). The number of fused-ring (bicyclic) bond motifs is 1. The summed E-state index contributed by atoms with van der Waals surface area (Å²) in [6, 6.07) is 15.6. The summed E-state index contributed by atoms with van der Waals surface area (Å²) in [5.74, 6) is 0.00841. The Labute approximate surface area is 129 Å². The first-order chi connectivity index (χ1) is 10.8. The van der Waals surface area contributed by atoms with Gasteiger partial charge >= 0.3 is 0 Å². The fourth-order valence-electron chi connectivity index (χ4n) is 2.42. The Morgan fingerprint density at radius 2 is 1.82 bits per heavy atom. The van der Waals surface area contributed by atoms with Crippen molar-refractivity contribution < 1.29 is 4.79 Å². The van der Waals surface area contributed by atoms with Crippen LogP contribution >= 0.6 is 0 Å². The third-order valence-electron chi connectivity index (χ3n) is 3.50. The molecule has 0 fully saturated rings. The fourth-order valence-corrected chi connectivity index (χ4v) is 2.42. The highest BCUT2D eigenvalue weighted by Gasteiger charge is 2.07. The molecule has 0 aliphatic carbocycles. The molecule has 1 N–H and O–H groups in total. The van der Waals surface area contributed by atoms with E-state index >= 15 is 0 Å². The smallest absolute Gasteiger partial charge is 0.224 e. The quantitative estimate of drug-likeness (QED) is 0.786. The number of carbonyl (C=O) groups excluding carboxylic acids is 1. The second-order valence-electron chi connectivity index (χ2n) is 5.09. The molecule has 0 aliphatic rings. The van der Waals surface area contributed by atoms with E-state index < -0.39 is 0 Å². The fraction of sp³-hybridized carbons (Fsp3) is 0.167. The summed E-state index contributed by atoms with van der Waals surface area (Å²) in [5.41, 5.74) is 2.83. The zero-order valence-electron chi connectivity index (χ0n) is 12.2. The van der Waals surface area contributed by atoms with E-state index in [1.807, 2.05) is 48.5 Å². The van der Waals surface area contributed by atoms with E-state index in [2.05, 4.69) is 15.3 Å². The summed E-state index contributed by atoms with van der Waals surface area (Å²) in [5, 5.41) is 3.99. The van der Waals surface area contributed by atoms with Crippen LogP contribution in [0.25, 0.3) is 10.9 Å².